The monoisotopic (exact) mass is 722 g/mol. The minimum Gasteiger partial charge on any atom is -0.379 e. The fourth-order valence-electron chi connectivity index (χ4n) is 7.03. The van der Waals surface area contributed by atoms with Crippen LogP contribution in [0.2, 0.25) is 0 Å². The maximum Gasteiger partial charge on any atom is 0.0948 e. The van der Waals surface area contributed by atoms with Crippen molar-refractivity contribution in [1.82, 2.24) is 14.5 Å². The van der Waals surface area contributed by atoms with E-state index in [0.717, 1.165) is 58.7 Å². The van der Waals surface area contributed by atoms with Crippen LogP contribution in [-0.2, 0) is 9.47 Å². The van der Waals surface area contributed by atoms with Gasteiger partial charge in [-0.15, -0.1) is 0 Å². The van der Waals surface area contributed by atoms with Crippen LogP contribution in [0.25, 0.3) is 0 Å². The largest absolute Gasteiger partial charge is 0.379 e. The molecule has 0 spiro atoms. The fraction of sp³-hybridized carbons (Fsp3) is 0.766. The van der Waals surface area contributed by atoms with E-state index in [-0.39, 0.29) is 6.10 Å². The summed E-state index contributed by atoms with van der Waals surface area (Å²) in [6.45, 7) is 10.4. The van der Waals surface area contributed by atoms with E-state index in [2.05, 4.69) is 83.1 Å². The molecule has 1 aromatic heterocycles. The number of nitrogens with zero attached hydrogens (tertiary/aromatic N) is 3. The highest BCUT2D eigenvalue weighted by Gasteiger charge is 2.24. The lowest BCUT2D eigenvalue weighted by atomic mass is 10.1. The second kappa shape index (κ2) is 36.0. The molecule has 0 bridgehead atoms. The van der Waals surface area contributed by atoms with Crippen molar-refractivity contribution >= 4 is 0 Å². The number of hydrogen-bond donors (Lipinski definition) is 0. The van der Waals surface area contributed by atoms with Gasteiger partial charge in [0.1, 0.15) is 0 Å². The molecule has 0 N–H and O–H groups in total. The molecule has 0 aliphatic carbocycles. The van der Waals surface area contributed by atoms with Gasteiger partial charge in [0.2, 0.25) is 0 Å². The zero-order valence-electron chi connectivity index (χ0n) is 34.3. The highest BCUT2D eigenvalue weighted by Crippen LogP contribution is 2.22. The molecule has 2 unspecified atom stereocenters. The minimum absolute atomic E-state index is 0.204. The standard InChI is InChI=1S/C47H83N3O2/c1-3-5-7-9-11-13-15-17-19-21-23-25-27-29-31-33-41-51-44-47(36-39-49-38-35-46(43-49)50-40-37-48-45-50)52-42-34-32-30-28-26-24-22-20-18-16-14-12-10-8-6-4-2/h11-14,17-20,37,40,45-47H,3-10,15-16,21-36,38-39,41-44H2,1-2H3/b13-11+,14-12+,19-17+,20-18+. The number of ether oxygens (including phenoxy) is 2. The molecule has 1 saturated heterocycles. The molecule has 1 aromatic rings. The summed E-state index contributed by atoms with van der Waals surface area (Å²) < 4.78 is 14.9. The third kappa shape index (κ3) is 27.6. The number of allylic oxidation sites excluding steroid dienone is 8. The molecular formula is C47H83N3O2. The number of aromatic nitrogens is 2. The number of likely N-dealkylation sites (tertiary alicyclic amines) is 1. The van der Waals surface area contributed by atoms with Crippen LogP contribution in [-0.4, -0.2) is 60.0 Å². The van der Waals surface area contributed by atoms with Crippen molar-refractivity contribution in [1.29, 1.82) is 0 Å². The maximum atomic E-state index is 6.46. The lowest BCUT2D eigenvalue weighted by Crippen LogP contribution is -2.29. The lowest BCUT2D eigenvalue weighted by Gasteiger charge is -2.22. The molecule has 0 aromatic carbocycles. The third-order valence-electron chi connectivity index (χ3n) is 10.5. The van der Waals surface area contributed by atoms with E-state index in [9.17, 15) is 0 Å². The number of unbranched alkanes of at least 4 members (excludes halogenated alkanes) is 18. The molecule has 1 fully saturated rings. The molecule has 5 heteroatoms. The third-order valence-corrected chi connectivity index (χ3v) is 10.5. The van der Waals surface area contributed by atoms with Gasteiger partial charge in [-0.05, 0) is 89.9 Å². The Hall–Kier alpha value is -1.95. The quantitative estimate of drug-likeness (QED) is 0.0506. The van der Waals surface area contributed by atoms with Gasteiger partial charge < -0.3 is 18.9 Å². The van der Waals surface area contributed by atoms with Gasteiger partial charge >= 0.3 is 0 Å². The molecular weight excluding hydrogens is 639 g/mol. The summed E-state index contributed by atoms with van der Waals surface area (Å²) in [5, 5.41) is 0. The topological polar surface area (TPSA) is 39.5 Å². The van der Waals surface area contributed by atoms with Crippen molar-refractivity contribution < 1.29 is 9.47 Å². The van der Waals surface area contributed by atoms with Crippen molar-refractivity contribution in [3.8, 4) is 0 Å². The molecule has 2 heterocycles. The Morgan fingerprint density at radius 1 is 0.635 bits per heavy atom. The average molecular weight is 722 g/mol. The van der Waals surface area contributed by atoms with Crippen LogP contribution >= 0.6 is 0 Å². The zero-order valence-corrected chi connectivity index (χ0v) is 34.3. The van der Waals surface area contributed by atoms with Gasteiger partial charge in [-0.25, -0.2) is 4.98 Å². The molecule has 2 rings (SSSR count). The smallest absolute Gasteiger partial charge is 0.0948 e. The SMILES string of the molecule is CCCCC/C=C/C/C=C/CCCCCCCCOCC(CCN1CCC(n2ccnc2)C1)OCCCCCCCC/C=C/C/C=C/CCCCC. The number of imidazole rings is 1. The van der Waals surface area contributed by atoms with Crippen LogP contribution in [0.15, 0.2) is 67.3 Å². The van der Waals surface area contributed by atoms with Gasteiger partial charge in [0, 0.05) is 51.3 Å². The van der Waals surface area contributed by atoms with Crippen molar-refractivity contribution in [3.05, 3.63) is 67.3 Å². The predicted molar refractivity (Wildman–Crippen MR) is 226 cm³/mol. The van der Waals surface area contributed by atoms with Crippen molar-refractivity contribution in [2.45, 2.75) is 193 Å². The molecule has 1 aliphatic rings. The number of rotatable bonds is 37. The van der Waals surface area contributed by atoms with E-state index < -0.39 is 0 Å². The summed E-state index contributed by atoms with van der Waals surface area (Å²) in [4.78, 5) is 6.86. The van der Waals surface area contributed by atoms with Crippen LogP contribution in [0.3, 0.4) is 0 Å². The maximum absolute atomic E-state index is 6.46. The molecule has 0 saturated carbocycles. The first-order chi connectivity index (χ1) is 25.8. The average Bonchev–Trinajstić information content (AvgIpc) is 3.87. The highest BCUT2D eigenvalue weighted by atomic mass is 16.5. The lowest BCUT2D eigenvalue weighted by molar-refractivity contribution is -0.0256. The zero-order chi connectivity index (χ0) is 36.8. The van der Waals surface area contributed by atoms with Crippen LogP contribution in [0.1, 0.15) is 187 Å². The van der Waals surface area contributed by atoms with Crippen molar-refractivity contribution in [2.75, 3.05) is 39.5 Å². The summed E-state index contributed by atoms with van der Waals surface area (Å²) in [6.07, 6.45) is 57.9. The second-order valence-corrected chi connectivity index (χ2v) is 15.3. The van der Waals surface area contributed by atoms with Crippen LogP contribution in [0.4, 0.5) is 0 Å². The van der Waals surface area contributed by atoms with Crippen molar-refractivity contribution in [3.63, 3.8) is 0 Å². The van der Waals surface area contributed by atoms with E-state index in [4.69, 9.17) is 9.47 Å². The Balaban J connectivity index is 1.50. The molecule has 0 amide bonds. The summed E-state index contributed by atoms with van der Waals surface area (Å²) in [5.74, 6) is 0. The van der Waals surface area contributed by atoms with Gasteiger partial charge in [-0.2, -0.15) is 0 Å². The molecule has 5 nitrogen and oxygen atoms in total. The Labute approximate surface area is 322 Å². The Bertz CT molecular complexity index is 985. The fourth-order valence-corrected chi connectivity index (χ4v) is 7.03. The Kier molecular flexibility index (Phi) is 32.0. The van der Waals surface area contributed by atoms with E-state index in [1.165, 1.54) is 148 Å². The first-order valence-electron chi connectivity index (χ1n) is 22.3. The normalized spacial score (nSPS) is 16.2. The summed E-state index contributed by atoms with van der Waals surface area (Å²) in [7, 11) is 0. The molecule has 298 valence electrons. The van der Waals surface area contributed by atoms with Gasteiger partial charge in [0.15, 0.2) is 0 Å². The van der Waals surface area contributed by atoms with Gasteiger partial charge in [0.25, 0.3) is 0 Å². The molecule has 0 radical (unpaired) electrons. The van der Waals surface area contributed by atoms with Crippen LogP contribution in [0.5, 0.6) is 0 Å². The summed E-state index contributed by atoms with van der Waals surface area (Å²) in [6, 6.07) is 0.556. The predicted octanol–water partition coefficient (Wildman–Crippen LogP) is 13.5. The van der Waals surface area contributed by atoms with Gasteiger partial charge in [-0.1, -0.05) is 140 Å². The molecule has 1 aliphatic heterocycles. The first kappa shape index (κ1) is 46.2. The Morgan fingerprint density at radius 3 is 1.69 bits per heavy atom. The van der Waals surface area contributed by atoms with E-state index in [1.807, 2.05) is 12.5 Å². The summed E-state index contributed by atoms with van der Waals surface area (Å²) in [5.41, 5.74) is 0. The first-order valence-corrected chi connectivity index (χ1v) is 22.3. The highest BCUT2D eigenvalue weighted by molar-refractivity contribution is 4.93. The van der Waals surface area contributed by atoms with E-state index >= 15 is 0 Å². The number of hydrogen-bond acceptors (Lipinski definition) is 4. The van der Waals surface area contributed by atoms with Crippen LogP contribution < -0.4 is 0 Å². The summed E-state index contributed by atoms with van der Waals surface area (Å²) >= 11 is 0. The molecule has 2 atom stereocenters. The minimum atomic E-state index is 0.204. The van der Waals surface area contributed by atoms with E-state index in [1.54, 1.807) is 0 Å². The Morgan fingerprint density at radius 2 is 1.15 bits per heavy atom. The van der Waals surface area contributed by atoms with Gasteiger partial charge in [0.05, 0.1) is 19.0 Å². The second-order valence-electron chi connectivity index (χ2n) is 15.3. The van der Waals surface area contributed by atoms with Crippen LogP contribution in [0, 0.1) is 0 Å². The van der Waals surface area contributed by atoms with Crippen molar-refractivity contribution in [2.24, 2.45) is 0 Å². The van der Waals surface area contributed by atoms with E-state index in [0.29, 0.717) is 6.04 Å². The van der Waals surface area contributed by atoms with Gasteiger partial charge in [-0.3, -0.25) is 0 Å². The molecule has 52 heavy (non-hydrogen) atoms.